The van der Waals surface area contributed by atoms with Crippen molar-refractivity contribution in [3.05, 3.63) is 53.3 Å². The quantitative estimate of drug-likeness (QED) is 0.779. The molecule has 2 fully saturated rings. The van der Waals surface area contributed by atoms with E-state index in [1.165, 1.54) is 11.1 Å². The summed E-state index contributed by atoms with van der Waals surface area (Å²) >= 11 is 0. The molecule has 2 amide bonds. The summed E-state index contributed by atoms with van der Waals surface area (Å²) in [5.74, 6) is 0.441. The largest absolute Gasteiger partial charge is 0.368 e. The summed E-state index contributed by atoms with van der Waals surface area (Å²) in [4.78, 5) is 33.2. The van der Waals surface area contributed by atoms with Crippen molar-refractivity contribution in [3.8, 4) is 0 Å². The molecule has 5 rings (SSSR count). The first-order valence-corrected chi connectivity index (χ1v) is 11.1. The Kier molecular flexibility index (Phi) is 4.93. The van der Waals surface area contributed by atoms with E-state index in [0.29, 0.717) is 11.6 Å². The van der Waals surface area contributed by atoms with Gasteiger partial charge < -0.3 is 15.5 Å². The maximum absolute atomic E-state index is 12.5. The van der Waals surface area contributed by atoms with Crippen LogP contribution < -0.4 is 15.5 Å². The summed E-state index contributed by atoms with van der Waals surface area (Å²) in [6.45, 7) is 6.76. The third-order valence-corrected chi connectivity index (χ3v) is 7.25. The Hall–Kier alpha value is -2.93. The molecule has 2 aromatic rings. The fourth-order valence-electron chi connectivity index (χ4n) is 5.13. The Morgan fingerprint density at radius 3 is 2.71 bits per heavy atom. The van der Waals surface area contributed by atoms with Crippen LogP contribution in [-0.2, 0) is 11.3 Å². The van der Waals surface area contributed by atoms with Crippen molar-refractivity contribution in [3.63, 3.8) is 0 Å². The summed E-state index contributed by atoms with van der Waals surface area (Å²) < 4.78 is 0. The lowest BCUT2D eigenvalue weighted by Gasteiger charge is -2.36. The first kappa shape index (κ1) is 20.0. The number of hydrogen-bond acceptors (Lipinski definition) is 5. The van der Waals surface area contributed by atoms with Crippen molar-refractivity contribution in [1.82, 2.24) is 15.2 Å². The van der Waals surface area contributed by atoms with E-state index in [0.717, 1.165) is 56.9 Å². The van der Waals surface area contributed by atoms with Gasteiger partial charge in [-0.25, -0.2) is 4.98 Å². The number of nitrogens with zero attached hydrogens (tertiary/aromatic N) is 3. The van der Waals surface area contributed by atoms with E-state index in [9.17, 15) is 9.59 Å². The molecule has 1 aromatic heterocycles. The number of aromatic nitrogens is 1. The second-order valence-corrected chi connectivity index (χ2v) is 8.89. The maximum Gasteiger partial charge on any atom is 0.269 e. The van der Waals surface area contributed by atoms with Gasteiger partial charge >= 0.3 is 0 Å². The minimum Gasteiger partial charge on any atom is -0.368 e. The second kappa shape index (κ2) is 7.64. The Labute approximate surface area is 182 Å². The van der Waals surface area contributed by atoms with Crippen molar-refractivity contribution < 1.29 is 9.59 Å². The number of piperazine rings is 1. The number of carbonyl (C=O) groups excluding carboxylic acids is 2. The molecule has 162 valence electrons. The van der Waals surface area contributed by atoms with Gasteiger partial charge in [-0.2, -0.15) is 0 Å². The second-order valence-electron chi connectivity index (χ2n) is 8.89. The number of pyridine rings is 1. The molecule has 2 aliphatic heterocycles. The molecular formula is C24H29N5O2. The smallest absolute Gasteiger partial charge is 0.269 e. The highest BCUT2D eigenvalue weighted by Crippen LogP contribution is 2.65. The molecule has 2 atom stereocenters. The van der Waals surface area contributed by atoms with Crippen LogP contribution >= 0.6 is 0 Å². The van der Waals surface area contributed by atoms with Gasteiger partial charge in [0.15, 0.2) is 0 Å². The molecule has 3 heterocycles. The van der Waals surface area contributed by atoms with E-state index in [1.54, 1.807) is 19.3 Å². The van der Waals surface area contributed by atoms with Crippen LogP contribution in [0.3, 0.4) is 0 Å². The van der Waals surface area contributed by atoms with Crippen molar-refractivity contribution in [1.29, 1.82) is 0 Å². The summed E-state index contributed by atoms with van der Waals surface area (Å²) in [6, 6.07) is 10.4. The minimum absolute atomic E-state index is 0.141. The van der Waals surface area contributed by atoms with E-state index < -0.39 is 0 Å². The van der Waals surface area contributed by atoms with Crippen LogP contribution in [0, 0.1) is 5.41 Å². The maximum atomic E-state index is 12.5. The van der Waals surface area contributed by atoms with Crippen molar-refractivity contribution in [2.75, 3.05) is 43.4 Å². The molecule has 0 bridgehead atoms. The van der Waals surface area contributed by atoms with Crippen LogP contribution in [0.5, 0.6) is 0 Å². The molecule has 1 saturated carbocycles. The Morgan fingerprint density at radius 1 is 1.23 bits per heavy atom. The van der Waals surface area contributed by atoms with E-state index in [4.69, 9.17) is 0 Å². The fourth-order valence-corrected chi connectivity index (χ4v) is 5.13. The fraction of sp³-hybridized carbons (Fsp3) is 0.458. The van der Waals surface area contributed by atoms with Gasteiger partial charge in [0.2, 0.25) is 5.91 Å². The summed E-state index contributed by atoms with van der Waals surface area (Å²) in [5, 5.41) is 5.76. The topological polar surface area (TPSA) is 77.6 Å². The summed E-state index contributed by atoms with van der Waals surface area (Å²) in [6.07, 6.45) is 3.68. The lowest BCUT2D eigenvalue weighted by atomic mass is 9.90. The van der Waals surface area contributed by atoms with Crippen molar-refractivity contribution in [2.45, 2.75) is 32.2 Å². The molecule has 0 radical (unpaired) electrons. The molecule has 2 N–H and O–H groups in total. The molecule has 7 nitrogen and oxygen atoms in total. The predicted octanol–water partition coefficient (Wildman–Crippen LogP) is 2.60. The Bertz CT molecular complexity index is 1010. The third-order valence-electron chi connectivity index (χ3n) is 7.25. The summed E-state index contributed by atoms with van der Waals surface area (Å²) in [7, 11) is 1.61. The minimum atomic E-state index is -0.167. The van der Waals surface area contributed by atoms with Gasteiger partial charge in [0.1, 0.15) is 5.69 Å². The monoisotopic (exact) mass is 419 g/mol. The molecule has 1 aliphatic carbocycles. The van der Waals surface area contributed by atoms with Crippen LogP contribution in [-0.4, -0.2) is 54.9 Å². The molecule has 3 aliphatic rings. The predicted molar refractivity (Wildman–Crippen MR) is 120 cm³/mol. The van der Waals surface area contributed by atoms with Crippen molar-refractivity contribution in [2.24, 2.45) is 5.41 Å². The van der Waals surface area contributed by atoms with Gasteiger partial charge in [0, 0.05) is 51.4 Å². The molecule has 1 saturated heterocycles. The number of carbonyl (C=O) groups is 2. The van der Waals surface area contributed by atoms with Crippen molar-refractivity contribution >= 4 is 23.2 Å². The highest BCUT2D eigenvalue weighted by atomic mass is 16.2. The normalized spacial score (nSPS) is 24.8. The van der Waals surface area contributed by atoms with E-state index in [-0.39, 0.29) is 17.2 Å². The molecule has 1 aromatic carbocycles. The highest BCUT2D eigenvalue weighted by molar-refractivity contribution is 6.02. The lowest BCUT2D eigenvalue weighted by molar-refractivity contribution is -0.121. The van der Waals surface area contributed by atoms with Gasteiger partial charge in [-0.3, -0.25) is 14.5 Å². The zero-order valence-corrected chi connectivity index (χ0v) is 18.1. The Balaban J connectivity index is 1.19. The number of rotatable bonds is 5. The molecular weight excluding hydrogens is 390 g/mol. The molecule has 0 spiro atoms. The average Bonchev–Trinajstić information content (AvgIpc) is 3.56. The zero-order valence-electron chi connectivity index (χ0n) is 18.1. The first-order chi connectivity index (χ1) is 15.0. The number of hydrogen-bond donors (Lipinski definition) is 2. The van der Waals surface area contributed by atoms with Gasteiger partial charge in [-0.15, -0.1) is 0 Å². The molecule has 31 heavy (non-hydrogen) atoms. The van der Waals surface area contributed by atoms with E-state index >= 15 is 0 Å². The number of nitrogens with one attached hydrogen (secondary N) is 2. The number of benzene rings is 1. The standard InChI is InChI=1S/C24H29N5O2/c1-3-24-13-19(24)18-6-4-16(12-21(18)27-23(24)31)15-28-8-10-29(11-9-28)17-5-7-20(26-14-17)22(30)25-2/h4-7,12,14,19H,3,8-11,13,15H2,1-2H3,(H,25,30)(H,27,31)/t19-,24-/m1/s1. The first-order valence-electron chi connectivity index (χ1n) is 11.1. The van der Waals surface area contributed by atoms with Crippen LogP contribution in [0.25, 0.3) is 0 Å². The number of fused-ring (bicyclic) bond motifs is 3. The van der Waals surface area contributed by atoms with Gasteiger partial charge in [-0.1, -0.05) is 19.1 Å². The number of anilines is 2. The molecule has 0 unspecified atom stereocenters. The third kappa shape index (κ3) is 3.47. The van der Waals surface area contributed by atoms with Gasteiger partial charge in [-0.05, 0) is 42.2 Å². The van der Waals surface area contributed by atoms with E-state index in [1.807, 2.05) is 6.07 Å². The van der Waals surface area contributed by atoms with Crippen LogP contribution in [0.1, 0.15) is 47.3 Å². The SMILES string of the molecule is CC[C@@]12C[C@@H]1c1ccc(CN3CCN(c4ccc(C(=O)NC)nc4)CC3)cc1NC2=O. The molecule has 7 heteroatoms. The highest BCUT2D eigenvalue weighted by Gasteiger charge is 2.61. The Morgan fingerprint density at radius 2 is 2.03 bits per heavy atom. The summed E-state index contributed by atoms with van der Waals surface area (Å²) in [5.41, 5.74) is 4.91. The van der Waals surface area contributed by atoms with E-state index in [2.05, 4.69) is 50.5 Å². The average molecular weight is 420 g/mol. The van der Waals surface area contributed by atoms with Gasteiger partial charge in [0.05, 0.1) is 17.3 Å². The number of amides is 2. The van der Waals surface area contributed by atoms with Crippen LogP contribution in [0.4, 0.5) is 11.4 Å². The zero-order chi connectivity index (χ0) is 21.6. The lowest BCUT2D eigenvalue weighted by Crippen LogP contribution is -2.46. The van der Waals surface area contributed by atoms with Crippen LogP contribution in [0.2, 0.25) is 0 Å². The van der Waals surface area contributed by atoms with Crippen LogP contribution in [0.15, 0.2) is 36.5 Å². The van der Waals surface area contributed by atoms with Gasteiger partial charge in [0.25, 0.3) is 5.91 Å².